The van der Waals surface area contributed by atoms with E-state index < -0.39 is 6.10 Å². The number of hydrogen-bond acceptors (Lipinski definition) is 6. The van der Waals surface area contributed by atoms with Crippen molar-refractivity contribution in [1.82, 2.24) is 0 Å². The van der Waals surface area contributed by atoms with Crippen LogP contribution in [0.3, 0.4) is 0 Å². The van der Waals surface area contributed by atoms with Crippen LogP contribution in [0.4, 0.5) is 0 Å². The number of hydrogen-bond donors (Lipinski definition) is 0. The molecular formula is C77H122O6. The fraction of sp³-hybridized carbons (Fsp3) is 0.597. The van der Waals surface area contributed by atoms with Crippen molar-refractivity contribution in [2.45, 2.75) is 284 Å². The van der Waals surface area contributed by atoms with Crippen molar-refractivity contribution < 1.29 is 28.6 Å². The molecule has 0 aromatic rings. The Hall–Kier alpha value is -5.23. The standard InChI is InChI=1S/C77H122O6/c1-4-7-10-13-16-19-22-25-28-31-33-35-36-37-38-39-40-42-43-46-49-52-55-58-61-64-67-70-76(79)82-73-74(72-81-75(78)69-66-63-60-57-54-51-48-45-30-27-24-21-18-15-12-9-6-3)83-77(80)71-68-65-62-59-56-53-50-47-44-41-34-32-29-26-23-20-17-14-11-8-5-2/h7,9-10,12,16,18-19,21,23,25-28,30,32-35,37-38,40,42,44,47-48,51,57,60,74H,4-6,8,11,13-15,17,20,22,24,29,31,36,39,41,43,45-46,49-50,52-56,58-59,61-73H2,1-3H3/b10-7-,12-9-,19-16-,21-18-,26-23-,28-25-,30-27-,34-32-,35-33-,38-37-,42-40-,47-44-,51-48-,60-57-. The lowest BCUT2D eigenvalue weighted by molar-refractivity contribution is -0.167. The molecule has 0 fully saturated rings. The second-order valence-corrected chi connectivity index (χ2v) is 21.6. The van der Waals surface area contributed by atoms with Gasteiger partial charge in [-0.3, -0.25) is 14.4 Å². The molecule has 6 heteroatoms. The van der Waals surface area contributed by atoms with E-state index in [-0.39, 0.29) is 37.5 Å². The summed E-state index contributed by atoms with van der Waals surface area (Å²) >= 11 is 0. The van der Waals surface area contributed by atoms with Crippen molar-refractivity contribution in [3.63, 3.8) is 0 Å². The highest BCUT2D eigenvalue weighted by atomic mass is 16.6. The molecule has 466 valence electrons. The predicted octanol–water partition coefficient (Wildman–Crippen LogP) is 23.4. The number of carbonyl (C=O) groups is 3. The molecule has 83 heavy (non-hydrogen) atoms. The van der Waals surface area contributed by atoms with E-state index in [9.17, 15) is 14.4 Å². The summed E-state index contributed by atoms with van der Waals surface area (Å²) in [6.07, 6.45) is 102. The van der Waals surface area contributed by atoms with Crippen molar-refractivity contribution in [1.29, 1.82) is 0 Å². The largest absolute Gasteiger partial charge is 0.462 e. The van der Waals surface area contributed by atoms with Gasteiger partial charge in [0.05, 0.1) is 0 Å². The zero-order chi connectivity index (χ0) is 59.9. The lowest BCUT2D eigenvalue weighted by atomic mass is 10.1. The van der Waals surface area contributed by atoms with Gasteiger partial charge in [0.1, 0.15) is 13.2 Å². The number of allylic oxidation sites excluding steroid dienone is 28. The molecule has 0 amide bonds. The van der Waals surface area contributed by atoms with Crippen molar-refractivity contribution in [2.24, 2.45) is 0 Å². The fourth-order valence-corrected chi connectivity index (χ4v) is 8.72. The molecule has 0 radical (unpaired) electrons. The highest BCUT2D eigenvalue weighted by molar-refractivity contribution is 5.71. The topological polar surface area (TPSA) is 78.9 Å². The minimum Gasteiger partial charge on any atom is -0.462 e. The molecule has 0 aliphatic heterocycles. The van der Waals surface area contributed by atoms with Crippen molar-refractivity contribution in [2.75, 3.05) is 13.2 Å². The van der Waals surface area contributed by atoms with Crippen LogP contribution in [0.25, 0.3) is 0 Å². The molecule has 0 aromatic heterocycles. The SMILES string of the molecule is CC/C=C\C/C=C\C/C=C\C/C=C\C/C=C\C/C=C\CCCCCCCCCCC(=O)OCC(COC(=O)CCC/C=C\C/C=C\C/C=C\C/C=C\C/C=C\CC)OC(=O)CCCCCCCC/C=C\C/C=C\C/C=C\CCCCCCC. The number of esters is 3. The first kappa shape index (κ1) is 77.8. The van der Waals surface area contributed by atoms with E-state index in [1.54, 1.807) is 0 Å². The first-order chi connectivity index (χ1) is 41.0. The molecule has 0 aromatic carbocycles. The van der Waals surface area contributed by atoms with Crippen LogP contribution < -0.4 is 0 Å². The van der Waals surface area contributed by atoms with E-state index in [1.165, 1.54) is 83.5 Å². The smallest absolute Gasteiger partial charge is 0.306 e. The highest BCUT2D eigenvalue weighted by Crippen LogP contribution is 2.14. The van der Waals surface area contributed by atoms with Gasteiger partial charge in [-0.15, -0.1) is 0 Å². The minimum atomic E-state index is -0.823. The van der Waals surface area contributed by atoms with Gasteiger partial charge < -0.3 is 14.2 Å². The van der Waals surface area contributed by atoms with E-state index in [0.717, 1.165) is 148 Å². The average molecular weight is 1140 g/mol. The summed E-state index contributed by atoms with van der Waals surface area (Å²) < 4.78 is 16.9. The Morgan fingerprint density at radius 1 is 0.253 bits per heavy atom. The molecule has 0 N–H and O–H groups in total. The highest BCUT2D eigenvalue weighted by Gasteiger charge is 2.19. The van der Waals surface area contributed by atoms with Gasteiger partial charge >= 0.3 is 17.9 Å². The monoisotopic (exact) mass is 1140 g/mol. The summed E-state index contributed by atoms with van der Waals surface area (Å²) in [6.45, 7) is 6.34. The zero-order valence-electron chi connectivity index (χ0n) is 53.4. The number of ether oxygens (including phenoxy) is 3. The van der Waals surface area contributed by atoms with Crippen LogP contribution in [0, 0.1) is 0 Å². The summed E-state index contributed by atoms with van der Waals surface area (Å²) in [7, 11) is 0. The molecule has 1 unspecified atom stereocenters. The maximum atomic E-state index is 12.9. The number of unbranched alkanes of at least 4 members (excludes halogenated alkanes) is 20. The molecule has 0 heterocycles. The van der Waals surface area contributed by atoms with Crippen LogP contribution in [0.1, 0.15) is 278 Å². The van der Waals surface area contributed by atoms with E-state index in [4.69, 9.17) is 14.2 Å². The lowest BCUT2D eigenvalue weighted by Crippen LogP contribution is -2.30. The molecule has 0 bridgehead atoms. The van der Waals surface area contributed by atoms with Crippen molar-refractivity contribution in [3.8, 4) is 0 Å². The summed E-state index contributed by atoms with van der Waals surface area (Å²) in [5, 5.41) is 0. The van der Waals surface area contributed by atoms with Crippen LogP contribution in [0.15, 0.2) is 170 Å². The Labute approximate surface area is 511 Å². The molecule has 0 aliphatic rings. The van der Waals surface area contributed by atoms with E-state index in [2.05, 4.69) is 191 Å². The first-order valence-electron chi connectivity index (χ1n) is 33.6. The minimum absolute atomic E-state index is 0.113. The van der Waals surface area contributed by atoms with E-state index in [0.29, 0.717) is 19.3 Å². The van der Waals surface area contributed by atoms with Gasteiger partial charge in [-0.1, -0.05) is 281 Å². The molecule has 6 nitrogen and oxygen atoms in total. The van der Waals surface area contributed by atoms with Crippen LogP contribution in [0.5, 0.6) is 0 Å². The van der Waals surface area contributed by atoms with E-state index >= 15 is 0 Å². The fourth-order valence-electron chi connectivity index (χ4n) is 8.72. The number of rotatable bonds is 59. The van der Waals surface area contributed by atoms with Gasteiger partial charge in [0.25, 0.3) is 0 Å². The normalized spacial score (nSPS) is 13.2. The maximum Gasteiger partial charge on any atom is 0.306 e. The molecule has 0 aliphatic carbocycles. The van der Waals surface area contributed by atoms with Gasteiger partial charge in [0.2, 0.25) is 0 Å². The quantitative estimate of drug-likeness (QED) is 0.0261. The third kappa shape index (κ3) is 67.4. The third-order valence-electron chi connectivity index (χ3n) is 13.7. The van der Waals surface area contributed by atoms with Gasteiger partial charge in [0.15, 0.2) is 6.10 Å². The number of carbonyl (C=O) groups excluding carboxylic acids is 3. The van der Waals surface area contributed by atoms with E-state index in [1.807, 2.05) is 0 Å². The summed E-state index contributed by atoms with van der Waals surface area (Å²) in [5.41, 5.74) is 0. The Kier molecular flexibility index (Phi) is 64.9. The zero-order valence-corrected chi connectivity index (χ0v) is 53.4. The van der Waals surface area contributed by atoms with Crippen LogP contribution >= 0.6 is 0 Å². The molecular weight excluding hydrogens is 1020 g/mol. The van der Waals surface area contributed by atoms with Crippen LogP contribution in [0.2, 0.25) is 0 Å². The average Bonchev–Trinajstić information content (AvgIpc) is 3.49. The summed E-state index contributed by atoms with van der Waals surface area (Å²) in [5.74, 6) is -0.996. The molecule has 1 atom stereocenters. The second kappa shape index (κ2) is 69.3. The van der Waals surface area contributed by atoms with Crippen LogP contribution in [-0.4, -0.2) is 37.2 Å². The predicted molar refractivity (Wildman–Crippen MR) is 361 cm³/mol. The maximum absolute atomic E-state index is 12.9. The lowest BCUT2D eigenvalue weighted by Gasteiger charge is -2.18. The van der Waals surface area contributed by atoms with Gasteiger partial charge in [-0.2, -0.15) is 0 Å². The molecule has 0 saturated carbocycles. The second-order valence-electron chi connectivity index (χ2n) is 21.6. The van der Waals surface area contributed by atoms with Crippen molar-refractivity contribution >= 4 is 17.9 Å². The first-order valence-corrected chi connectivity index (χ1v) is 33.6. The summed E-state index contributed by atoms with van der Waals surface area (Å²) in [6, 6.07) is 0. The van der Waals surface area contributed by atoms with Crippen LogP contribution in [-0.2, 0) is 28.6 Å². The molecule has 0 saturated heterocycles. The molecule has 0 rings (SSSR count). The summed E-state index contributed by atoms with van der Waals surface area (Å²) in [4.78, 5) is 38.4. The Morgan fingerprint density at radius 3 is 0.783 bits per heavy atom. The van der Waals surface area contributed by atoms with Gasteiger partial charge in [-0.25, -0.2) is 0 Å². The van der Waals surface area contributed by atoms with Crippen molar-refractivity contribution in [3.05, 3.63) is 170 Å². The Morgan fingerprint density at radius 2 is 0.482 bits per heavy atom. The third-order valence-corrected chi connectivity index (χ3v) is 13.7. The van der Waals surface area contributed by atoms with Gasteiger partial charge in [0, 0.05) is 19.3 Å². The Balaban J connectivity index is 4.50. The molecule has 0 spiro atoms. The van der Waals surface area contributed by atoms with Gasteiger partial charge in [-0.05, 0) is 148 Å². The Bertz CT molecular complexity index is 1890.